The van der Waals surface area contributed by atoms with E-state index in [9.17, 15) is 14.0 Å². The van der Waals surface area contributed by atoms with E-state index in [-0.39, 0.29) is 11.4 Å². The number of hydrogen-bond acceptors (Lipinski definition) is 2. The third-order valence-electron chi connectivity index (χ3n) is 3.41. The molecule has 0 bridgehead atoms. The summed E-state index contributed by atoms with van der Waals surface area (Å²) in [6.07, 6.45) is 1.63. The quantitative estimate of drug-likeness (QED) is 0.909. The van der Waals surface area contributed by atoms with Gasteiger partial charge in [-0.2, -0.15) is 0 Å². The second kappa shape index (κ2) is 4.92. The molecule has 0 saturated heterocycles. The maximum atomic E-state index is 13.2. The zero-order chi connectivity index (χ0) is 15.0. The number of nitrogens with two attached hydrogens (primary N) is 1. The number of rotatable bonds is 2. The van der Waals surface area contributed by atoms with Crippen LogP contribution >= 0.6 is 0 Å². The minimum Gasteiger partial charge on any atom is -0.365 e. The second-order valence-electron chi connectivity index (χ2n) is 4.77. The van der Waals surface area contributed by atoms with Gasteiger partial charge in [-0.15, -0.1) is 0 Å². The molecule has 2 aromatic rings. The van der Waals surface area contributed by atoms with Crippen LogP contribution in [0.4, 0.5) is 4.39 Å². The highest BCUT2D eigenvalue weighted by Gasteiger charge is 2.17. The van der Waals surface area contributed by atoms with Crippen LogP contribution in [0.1, 0.15) is 21.6 Å². The molecule has 1 aromatic carbocycles. The van der Waals surface area contributed by atoms with Gasteiger partial charge in [0.1, 0.15) is 11.4 Å². The Morgan fingerprint density at radius 2 is 1.90 bits per heavy atom. The lowest BCUT2D eigenvalue weighted by Crippen LogP contribution is -2.27. The Bertz CT molecular complexity index is 763. The first kappa shape index (κ1) is 14.0. The van der Waals surface area contributed by atoms with E-state index in [1.54, 1.807) is 31.7 Å². The van der Waals surface area contributed by atoms with Crippen molar-refractivity contribution in [1.82, 2.24) is 4.57 Å². The Kier molecular flexibility index (Phi) is 3.44. The molecule has 0 unspecified atom stereocenters. The molecule has 20 heavy (non-hydrogen) atoms. The van der Waals surface area contributed by atoms with E-state index in [1.165, 1.54) is 18.2 Å². The lowest BCUT2D eigenvalue weighted by molar-refractivity contribution is 0.0998. The van der Waals surface area contributed by atoms with Gasteiger partial charge in [-0.25, -0.2) is 4.39 Å². The maximum absolute atomic E-state index is 13.2. The highest BCUT2D eigenvalue weighted by atomic mass is 19.1. The Hall–Kier alpha value is -2.43. The molecule has 4 nitrogen and oxygen atoms in total. The molecular weight excluding hydrogens is 259 g/mol. The molecule has 1 aromatic heterocycles. The lowest BCUT2D eigenvalue weighted by atomic mass is 9.99. The van der Waals surface area contributed by atoms with Crippen LogP contribution in [-0.2, 0) is 7.05 Å². The fraction of sp³-hybridized carbons (Fsp3) is 0.200. The Morgan fingerprint density at radius 3 is 2.45 bits per heavy atom. The lowest BCUT2D eigenvalue weighted by Gasteiger charge is -2.13. The van der Waals surface area contributed by atoms with Gasteiger partial charge < -0.3 is 10.3 Å². The molecule has 0 spiro atoms. The van der Waals surface area contributed by atoms with E-state index in [4.69, 9.17) is 5.73 Å². The smallest absolute Gasteiger partial charge is 0.254 e. The minimum atomic E-state index is -0.760. The number of benzene rings is 1. The summed E-state index contributed by atoms with van der Waals surface area (Å²) in [6, 6.07) is 4.16. The summed E-state index contributed by atoms with van der Waals surface area (Å²) in [5, 5.41) is 0. The number of aromatic nitrogens is 1. The van der Waals surface area contributed by atoms with Crippen molar-refractivity contribution in [1.29, 1.82) is 0 Å². The molecule has 0 saturated carbocycles. The fourth-order valence-electron chi connectivity index (χ4n) is 2.24. The minimum absolute atomic E-state index is 0.0336. The van der Waals surface area contributed by atoms with Crippen LogP contribution in [0.15, 0.2) is 29.2 Å². The predicted octanol–water partition coefficient (Wildman–Crippen LogP) is 1.91. The number of primary amides is 1. The van der Waals surface area contributed by atoms with Crippen molar-refractivity contribution >= 4 is 5.91 Å². The molecule has 5 heteroatoms. The van der Waals surface area contributed by atoms with Crippen LogP contribution in [0.5, 0.6) is 0 Å². The molecule has 0 atom stereocenters. The molecule has 2 rings (SSSR count). The first-order valence-corrected chi connectivity index (χ1v) is 6.09. The first-order valence-electron chi connectivity index (χ1n) is 6.09. The van der Waals surface area contributed by atoms with Crippen molar-refractivity contribution in [2.24, 2.45) is 12.8 Å². The van der Waals surface area contributed by atoms with Crippen molar-refractivity contribution in [2.45, 2.75) is 13.8 Å². The molecule has 0 aliphatic heterocycles. The van der Waals surface area contributed by atoms with Gasteiger partial charge in [0.2, 0.25) is 5.43 Å². The summed E-state index contributed by atoms with van der Waals surface area (Å²) in [6.45, 7) is 3.37. The zero-order valence-electron chi connectivity index (χ0n) is 11.5. The molecule has 0 fully saturated rings. The van der Waals surface area contributed by atoms with Crippen molar-refractivity contribution in [3.8, 4) is 11.1 Å². The number of hydrogen-bond donors (Lipinski definition) is 1. The molecule has 1 heterocycles. The van der Waals surface area contributed by atoms with E-state index < -0.39 is 11.3 Å². The summed E-state index contributed by atoms with van der Waals surface area (Å²) < 4.78 is 14.8. The van der Waals surface area contributed by atoms with Crippen LogP contribution < -0.4 is 11.2 Å². The van der Waals surface area contributed by atoms with Crippen LogP contribution in [0.2, 0.25) is 0 Å². The highest BCUT2D eigenvalue weighted by molar-refractivity contribution is 5.95. The predicted molar refractivity (Wildman–Crippen MR) is 75.1 cm³/mol. The molecule has 0 aliphatic carbocycles. The van der Waals surface area contributed by atoms with Crippen molar-refractivity contribution in [3.63, 3.8) is 0 Å². The first-order chi connectivity index (χ1) is 9.32. The van der Waals surface area contributed by atoms with Crippen LogP contribution in [-0.4, -0.2) is 10.5 Å². The molecule has 0 radical (unpaired) electrons. The average Bonchev–Trinajstić information content (AvgIpc) is 2.34. The van der Waals surface area contributed by atoms with E-state index in [1.807, 2.05) is 0 Å². The topological polar surface area (TPSA) is 65.1 Å². The standard InChI is InChI=1S/C15H15FN2O2/c1-8-6-10(16)4-5-11(8)12-7-18(3)9(2)13(14(12)19)15(17)20/h4-7H,1-3H3,(H2,17,20). The zero-order valence-corrected chi connectivity index (χ0v) is 11.5. The van der Waals surface area contributed by atoms with E-state index in [0.29, 0.717) is 22.4 Å². The number of pyridine rings is 1. The molecule has 2 N–H and O–H groups in total. The van der Waals surface area contributed by atoms with E-state index in [2.05, 4.69) is 0 Å². The average molecular weight is 274 g/mol. The summed E-state index contributed by atoms with van der Waals surface area (Å²) >= 11 is 0. The van der Waals surface area contributed by atoms with Gasteiger partial charge in [-0.05, 0) is 37.1 Å². The number of carbonyl (C=O) groups excluding carboxylic acids is 1. The highest BCUT2D eigenvalue weighted by Crippen LogP contribution is 2.22. The molecular formula is C15H15FN2O2. The molecule has 0 aliphatic rings. The number of halogens is 1. The molecule has 1 amide bonds. The number of carbonyl (C=O) groups is 1. The maximum Gasteiger partial charge on any atom is 0.254 e. The van der Waals surface area contributed by atoms with Gasteiger partial charge in [0.25, 0.3) is 5.91 Å². The van der Waals surface area contributed by atoms with Crippen molar-refractivity contribution < 1.29 is 9.18 Å². The van der Waals surface area contributed by atoms with Gasteiger partial charge in [0, 0.05) is 24.5 Å². The summed E-state index contributed by atoms with van der Waals surface area (Å²) in [7, 11) is 1.73. The van der Waals surface area contributed by atoms with Gasteiger partial charge in [0.15, 0.2) is 0 Å². The second-order valence-corrected chi connectivity index (χ2v) is 4.77. The SMILES string of the molecule is Cc1cc(F)ccc1-c1cn(C)c(C)c(C(N)=O)c1=O. The molecule has 104 valence electrons. The Morgan fingerprint density at radius 1 is 1.25 bits per heavy atom. The summed E-state index contributed by atoms with van der Waals surface area (Å²) in [5.41, 5.74) is 6.88. The monoisotopic (exact) mass is 274 g/mol. The Labute approximate surface area is 115 Å². The Balaban J connectivity index is 2.82. The third-order valence-corrected chi connectivity index (χ3v) is 3.41. The third kappa shape index (κ3) is 2.22. The number of aryl methyl sites for hydroxylation is 2. The van der Waals surface area contributed by atoms with Gasteiger partial charge >= 0.3 is 0 Å². The normalized spacial score (nSPS) is 10.6. The van der Waals surface area contributed by atoms with Gasteiger partial charge in [0.05, 0.1) is 0 Å². The van der Waals surface area contributed by atoms with Crippen molar-refractivity contribution in [2.75, 3.05) is 0 Å². The van der Waals surface area contributed by atoms with Gasteiger partial charge in [-0.3, -0.25) is 9.59 Å². The fourth-order valence-corrected chi connectivity index (χ4v) is 2.24. The van der Waals surface area contributed by atoms with Crippen LogP contribution in [0, 0.1) is 19.7 Å². The van der Waals surface area contributed by atoms with E-state index in [0.717, 1.165) is 0 Å². The largest absolute Gasteiger partial charge is 0.365 e. The van der Waals surface area contributed by atoms with Crippen LogP contribution in [0.25, 0.3) is 11.1 Å². The van der Waals surface area contributed by atoms with E-state index >= 15 is 0 Å². The number of nitrogens with zero attached hydrogens (tertiary/aromatic N) is 1. The number of amides is 1. The van der Waals surface area contributed by atoms with Crippen molar-refractivity contribution in [3.05, 3.63) is 57.3 Å². The van der Waals surface area contributed by atoms with Crippen LogP contribution in [0.3, 0.4) is 0 Å². The summed E-state index contributed by atoms with van der Waals surface area (Å²) in [4.78, 5) is 23.9. The van der Waals surface area contributed by atoms with Gasteiger partial charge in [-0.1, -0.05) is 6.07 Å². The summed E-state index contributed by atoms with van der Waals surface area (Å²) in [5.74, 6) is -1.13.